The van der Waals surface area contributed by atoms with Crippen LogP contribution in [0.2, 0.25) is 5.02 Å². The summed E-state index contributed by atoms with van der Waals surface area (Å²) in [5, 5.41) is 3.68. The summed E-state index contributed by atoms with van der Waals surface area (Å²) >= 11 is 5.98. The summed E-state index contributed by atoms with van der Waals surface area (Å²) in [7, 11) is 0. The lowest BCUT2D eigenvalue weighted by atomic mass is 10.2. The van der Waals surface area contributed by atoms with E-state index in [1.165, 1.54) is 0 Å². The second-order valence-corrected chi connectivity index (χ2v) is 6.19. The molecule has 0 aliphatic carbocycles. The largest absolute Gasteiger partial charge is 0.433 e. The molecule has 0 spiro atoms. The van der Waals surface area contributed by atoms with E-state index in [0.717, 1.165) is 37.3 Å². The van der Waals surface area contributed by atoms with Gasteiger partial charge >= 0.3 is 6.18 Å². The normalized spacial score (nSPS) is 18.8. The minimum Gasteiger partial charge on any atom is -0.350 e. The number of aromatic nitrogens is 2. The molecular weight excluding hydrogens is 341 g/mol. The van der Waals surface area contributed by atoms with Crippen molar-refractivity contribution in [3.8, 4) is 0 Å². The Labute approximate surface area is 142 Å². The van der Waals surface area contributed by atoms with Crippen molar-refractivity contribution in [2.45, 2.75) is 25.2 Å². The van der Waals surface area contributed by atoms with Crippen LogP contribution in [-0.2, 0) is 12.7 Å². The number of anilines is 1. The Bertz CT molecular complexity index is 708. The number of nitrogens with zero attached hydrogens (tertiary/aromatic N) is 3. The monoisotopic (exact) mass is 356 g/mol. The summed E-state index contributed by atoms with van der Waals surface area (Å²) in [6.07, 6.45) is -2.52. The fraction of sp³-hybridized carbons (Fsp3) is 0.375. The van der Waals surface area contributed by atoms with Crippen molar-refractivity contribution in [2.75, 3.05) is 18.4 Å². The van der Waals surface area contributed by atoms with Crippen LogP contribution >= 0.6 is 11.6 Å². The van der Waals surface area contributed by atoms with E-state index in [0.29, 0.717) is 11.6 Å². The van der Waals surface area contributed by atoms with Crippen LogP contribution in [0.3, 0.4) is 0 Å². The Balaban J connectivity index is 1.58. The minimum absolute atomic E-state index is 0.0134. The molecule has 1 aliphatic rings. The molecule has 0 saturated carbocycles. The third-order valence-electron chi connectivity index (χ3n) is 3.85. The number of rotatable bonds is 4. The molecule has 1 saturated heterocycles. The molecule has 128 valence electrons. The Morgan fingerprint density at radius 3 is 2.88 bits per heavy atom. The Hall–Kier alpha value is -1.86. The highest BCUT2D eigenvalue weighted by Crippen LogP contribution is 2.28. The fourth-order valence-corrected chi connectivity index (χ4v) is 2.97. The van der Waals surface area contributed by atoms with E-state index in [1.807, 2.05) is 24.3 Å². The number of nitrogens with one attached hydrogen (secondary N) is 1. The number of benzene rings is 1. The molecule has 0 bridgehead atoms. The second kappa shape index (κ2) is 6.94. The average Bonchev–Trinajstić information content (AvgIpc) is 2.94. The molecule has 1 aromatic heterocycles. The van der Waals surface area contributed by atoms with Crippen molar-refractivity contribution in [3.63, 3.8) is 0 Å². The highest BCUT2D eigenvalue weighted by Gasteiger charge is 2.33. The molecule has 1 aliphatic heterocycles. The third kappa shape index (κ3) is 4.36. The van der Waals surface area contributed by atoms with Gasteiger partial charge in [0.05, 0.1) is 0 Å². The topological polar surface area (TPSA) is 41.1 Å². The lowest BCUT2D eigenvalue weighted by Crippen LogP contribution is -2.27. The molecule has 2 heterocycles. The first-order chi connectivity index (χ1) is 11.4. The van der Waals surface area contributed by atoms with Crippen LogP contribution in [0.15, 0.2) is 36.5 Å². The molecule has 1 N–H and O–H groups in total. The summed E-state index contributed by atoms with van der Waals surface area (Å²) in [5.74, 6) is 0.0134. The van der Waals surface area contributed by atoms with E-state index in [9.17, 15) is 13.2 Å². The van der Waals surface area contributed by atoms with Gasteiger partial charge in [0.15, 0.2) is 0 Å². The zero-order valence-corrected chi connectivity index (χ0v) is 13.5. The molecule has 1 unspecified atom stereocenters. The molecule has 1 aromatic carbocycles. The van der Waals surface area contributed by atoms with E-state index < -0.39 is 11.9 Å². The maximum atomic E-state index is 12.7. The molecule has 4 nitrogen and oxygen atoms in total. The van der Waals surface area contributed by atoms with E-state index in [1.54, 1.807) is 0 Å². The quantitative estimate of drug-likeness (QED) is 0.903. The van der Waals surface area contributed by atoms with Crippen LogP contribution in [-0.4, -0.2) is 34.0 Å². The predicted octanol–water partition coefficient (Wildman–Crippen LogP) is 3.84. The SMILES string of the molecule is FC(F)(F)c1ccnc(NC2CCN(Cc3cccc(Cl)c3)C2)n1. The van der Waals surface area contributed by atoms with Crippen LogP contribution < -0.4 is 5.32 Å². The molecule has 1 fully saturated rings. The average molecular weight is 357 g/mol. The first-order valence-electron chi connectivity index (χ1n) is 7.54. The Morgan fingerprint density at radius 2 is 2.12 bits per heavy atom. The van der Waals surface area contributed by atoms with Gasteiger partial charge in [-0.3, -0.25) is 4.90 Å². The van der Waals surface area contributed by atoms with Crippen LogP contribution in [0, 0.1) is 0 Å². The lowest BCUT2D eigenvalue weighted by molar-refractivity contribution is -0.141. The molecule has 1 atom stereocenters. The number of hydrogen-bond acceptors (Lipinski definition) is 4. The summed E-state index contributed by atoms with van der Waals surface area (Å²) in [5.41, 5.74) is 0.173. The highest BCUT2D eigenvalue weighted by molar-refractivity contribution is 6.30. The van der Waals surface area contributed by atoms with E-state index >= 15 is 0 Å². The maximum absolute atomic E-state index is 12.7. The minimum atomic E-state index is -4.46. The Kier molecular flexibility index (Phi) is 4.91. The number of hydrogen-bond donors (Lipinski definition) is 1. The van der Waals surface area contributed by atoms with Crippen molar-refractivity contribution in [2.24, 2.45) is 0 Å². The molecule has 8 heteroatoms. The molecule has 0 amide bonds. The van der Waals surface area contributed by atoms with Gasteiger partial charge in [-0.25, -0.2) is 9.97 Å². The summed E-state index contributed by atoms with van der Waals surface area (Å²) in [6, 6.07) is 8.53. The van der Waals surface area contributed by atoms with Gasteiger partial charge in [0.2, 0.25) is 5.95 Å². The smallest absolute Gasteiger partial charge is 0.350 e. The lowest BCUT2D eigenvalue weighted by Gasteiger charge is -2.17. The van der Waals surface area contributed by atoms with Gasteiger partial charge in [0.1, 0.15) is 5.69 Å². The maximum Gasteiger partial charge on any atom is 0.433 e. The third-order valence-corrected chi connectivity index (χ3v) is 4.08. The van der Waals surface area contributed by atoms with Crippen LogP contribution in [0.4, 0.5) is 19.1 Å². The van der Waals surface area contributed by atoms with Crippen LogP contribution in [0.25, 0.3) is 0 Å². The zero-order valence-electron chi connectivity index (χ0n) is 12.7. The molecular formula is C16H16ClF3N4. The Morgan fingerprint density at radius 1 is 1.29 bits per heavy atom. The van der Waals surface area contributed by atoms with Crippen molar-refractivity contribution < 1.29 is 13.2 Å². The van der Waals surface area contributed by atoms with Crippen LogP contribution in [0.5, 0.6) is 0 Å². The molecule has 24 heavy (non-hydrogen) atoms. The molecule has 2 aromatic rings. The van der Waals surface area contributed by atoms with Crippen molar-refractivity contribution in [3.05, 3.63) is 52.8 Å². The van der Waals surface area contributed by atoms with E-state index in [-0.39, 0.29) is 12.0 Å². The van der Waals surface area contributed by atoms with Crippen LogP contribution in [0.1, 0.15) is 17.7 Å². The molecule has 0 radical (unpaired) electrons. The summed E-state index contributed by atoms with van der Waals surface area (Å²) < 4.78 is 38.0. The number of likely N-dealkylation sites (tertiary alicyclic amines) is 1. The van der Waals surface area contributed by atoms with Gasteiger partial charge in [-0.15, -0.1) is 0 Å². The molecule has 3 rings (SSSR count). The zero-order chi connectivity index (χ0) is 17.2. The highest BCUT2D eigenvalue weighted by atomic mass is 35.5. The van der Waals surface area contributed by atoms with Crippen molar-refractivity contribution in [1.82, 2.24) is 14.9 Å². The van der Waals surface area contributed by atoms with Gasteiger partial charge in [-0.1, -0.05) is 23.7 Å². The van der Waals surface area contributed by atoms with E-state index in [4.69, 9.17) is 11.6 Å². The van der Waals surface area contributed by atoms with Gasteiger partial charge in [-0.05, 0) is 30.2 Å². The number of alkyl halides is 3. The predicted molar refractivity (Wildman–Crippen MR) is 85.8 cm³/mol. The second-order valence-electron chi connectivity index (χ2n) is 5.76. The van der Waals surface area contributed by atoms with E-state index in [2.05, 4.69) is 20.2 Å². The standard InChI is InChI=1S/C16H16ClF3N4/c17-12-3-1-2-11(8-12)9-24-7-5-13(10-24)22-15-21-6-4-14(23-15)16(18,19)20/h1-4,6,8,13H,5,7,9-10H2,(H,21,22,23). The van der Waals surface area contributed by atoms with Gasteiger partial charge < -0.3 is 5.32 Å². The van der Waals surface area contributed by atoms with Crippen molar-refractivity contribution in [1.29, 1.82) is 0 Å². The first-order valence-corrected chi connectivity index (χ1v) is 7.91. The number of halogens is 4. The first kappa shape index (κ1) is 17.0. The fourth-order valence-electron chi connectivity index (χ4n) is 2.76. The van der Waals surface area contributed by atoms with Gasteiger partial charge in [0, 0.05) is 36.9 Å². The summed E-state index contributed by atoms with van der Waals surface area (Å²) in [6.45, 7) is 2.32. The van der Waals surface area contributed by atoms with Gasteiger partial charge in [0.25, 0.3) is 0 Å². The van der Waals surface area contributed by atoms with Gasteiger partial charge in [-0.2, -0.15) is 13.2 Å². The summed E-state index contributed by atoms with van der Waals surface area (Å²) in [4.78, 5) is 9.64. The van der Waals surface area contributed by atoms with Crippen molar-refractivity contribution >= 4 is 17.5 Å².